The highest BCUT2D eigenvalue weighted by molar-refractivity contribution is 8.00. The summed E-state index contributed by atoms with van der Waals surface area (Å²) in [6.07, 6.45) is 9.69. The highest BCUT2D eigenvalue weighted by atomic mass is 32.2. The Morgan fingerprint density at radius 2 is 1.14 bits per heavy atom. The van der Waals surface area contributed by atoms with Gasteiger partial charge in [0.2, 0.25) is 0 Å². The number of benzene rings is 2. The van der Waals surface area contributed by atoms with E-state index in [1.54, 1.807) is 0 Å². The van der Waals surface area contributed by atoms with Gasteiger partial charge in [0.05, 0.1) is 6.10 Å². The fraction of sp³-hybridized carbons (Fsp3) is 0.657. The average molecular weight is 529 g/mol. The van der Waals surface area contributed by atoms with Crippen molar-refractivity contribution in [1.82, 2.24) is 0 Å². The van der Waals surface area contributed by atoms with Gasteiger partial charge in [-0.1, -0.05) is 130 Å². The zero-order valence-electron chi connectivity index (χ0n) is 26.0. The van der Waals surface area contributed by atoms with E-state index >= 15 is 0 Å². The van der Waals surface area contributed by atoms with E-state index in [0.717, 1.165) is 30.2 Å². The molecule has 2 atom stereocenters. The van der Waals surface area contributed by atoms with Crippen LogP contribution in [0, 0.1) is 18.8 Å². The van der Waals surface area contributed by atoms with Crippen LogP contribution in [0.2, 0.25) is 0 Å². The molecule has 1 saturated carbocycles. The summed E-state index contributed by atoms with van der Waals surface area (Å²) in [6, 6.07) is 17.3. The van der Waals surface area contributed by atoms with Gasteiger partial charge in [-0.2, -0.15) is 0 Å². The lowest BCUT2D eigenvalue weighted by atomic mass is 9.84. The molecule has 0 saturated heterocycles. The van der Waals surface area contributed by atoms with Crippen molar-refractivity contribution in [3.8, 4) is 0 Å². The molecule has 2 aromatic carbocycles. The van der Waals surface area contributed by atoms with Crippen LogP contribution in [0.3, 0.4) is 0 Å². The minimum absolute atomic E-state index is 0.390. The summed E-state index contributed by atoms with van der Waals surface area (Å²) < 4.78 is 0. The second-order valence-electron chi connectivity index (χ2n) is 10.3. The summed E-state index contributed by atoms with van der Waals surface area (Å²) in [4.78, 5) is 1.29. The Morgan fingerprint density at radius 3 is 1.54 bits per heavy atom. The molecule has 2 unspecified atom stereocenters. The normalized spacial score (nSPS) is 18.3. The average Bonchev–Trinajstić information content (AvgIpc) is 2.94. The van der Waals surface area contributed by atoms with E-state index in [2.05, 4.69) is 90.1 Å². The third-order valence-electron chi connectivity index (χ3n) is 7.35. The van der Waals surface area contributed by atoms with Crippen molar-refractivity contribution in [2.75, 3.05) is 0 Å². The molecule has 1 N–H and O–H groups in total. The van der Waals surface area contributed by atoms with Crippen LogP contribution in [-0.4, -0.2) is 10.4 Å². The maximum absolute atomic E-state index is 10.7. The van der Waals surface area contributed by atoms with Gasteiger partial charge in [-0.15, -0.1) is 11.8 Å². The van der Waals surface area contributed by atoms with E-state index in [1.807, 2.05) is 39.5 Å². The number of thioether (sulfide) groups is 1. The van der Waals surface area contributed by atoms with Crippen molar-refractivity contribution in [1.29, 1.82) is 0 Å². The van der Waals surface area contributed by atoms with Gasteiger partial charge in [0, 0.05) is 10.1 Å². The highest BCUT2D eigenvalue weighted by Crippen LogP contribution is 2.33. The molecule has 0 heterocycles. The SMILES string of the molecule is CC.CC.CC1CCC(C)CC1.CCC(CC(O)c1ccc(C(CC)CC)cc1)Sc1ccc(C)cc1. The minimum atomic E-state index is -0.390. The first-order valence-electron chi connectivity index (χ1n) is 15.4. The van der Waals surface area contributed by atoms with Gasteiger partial charge in [0.15, 0.2) is 0 Å². The Hall–Kier alpha value is -1.25. The monoisotopic (exact) mass is 528 g/mol. The van der Waals surface area contributed by atoms with Crippen molar-refractivity contribution in [3.63, 3.8) is 0 Å². The highest BCUT2D eigenvalue weighted by Gasteiger charge is 2.17. The summed E-state index contributed by atoms with van der Waals surface area (Å²) in [6.45, 7) is 21.5. The molecule has 0 aromatic heterocycles. The molecule has 212 valence electrons. The Morgan fingerprint density at radius 1 is 0.703 bits per heavy atom. The van der Waals surface area contributed by atoms with Gasteiger partial charge < -0.3 is 5.11 Å². The van der Waals surface area contributed by atoms with Gasteiger partial charge in [-0.05, 0) is 73.6 Å². The maximum Gasteiger partial charge on any atom is 0.0800 e. The van der Waals surface area contributed by atoms with Gasteiger partial charge >= 0.3 is 0 Å². The van der Waals surface area contributed by atoms with E-state index in [-0.39, 0.29) is 0 Å². The molecule has 0 aliphatic heterocycles. The quantitative estimate of drug-likeness (QED) is 0.326. The number of aliphatic hydroxyl groups is 1. The van der Waals surface area contributed by atoms with Crippen LogP contribution in [0.1, 0.15) is 142 Å². The van der Waals surface area contributed by atoms with Crippen molar-refractivity contribution < 1.29 is 5.11 Å². The molecule has 1 fully saturated rings. The standard InChI is InChI=1S/C23H32OS.C8H16.2C2H6/c1-5-18(6-2)19-10-12-20(13-11-19)23(24)16-21(7-3)25-22-14-8-17(4)9-15-22;1-7-3-5-8(2)6-4-7;2*1-2/h8-15,18,21,23-24H,5-7,16H2,1-4H3;7-8H,3-6H2,1-2H3;2*1-2H3. The van der Waals surface area contributed by atoms with Gasteiger partial charge in [0.1, 0.15) is 0 Å². The molecule has 2 heteroatoms. The Labute approximate surface area is 236 Å². The lowest BCUT2D eigenvalue weighted by molar-refractivity contribution is 0.166. The van der Waals surface area contributed by atoms with Crippen LogP contribution in [0.4, 0.5) is 0 Å². The Kier molecular flexibility index (Phi) is 20.9. The number of aryl methyl sites for hydroxylation is 1. The summed E-state index contributed by atoms with van der Waals surface area (Å²) in [5, 5.41) is 11.1. The third kappa shape index (κ3) is 14.5. The number of hydrogen-bond donors (Lipinski definition) is 1. The van der Waals surface area contributed by atoms with Crippen LogP contribution >= 0.6 is 11.8 Å². The van der Waals surface area contributed by atoms with Crippen molar-refractivity contribution in [2.24, 2.45) is 11.8 Å². The topological polar surface area (TPSA) is 20.2 Å². The number of rotatable bonds is 9. The molecule has 3 rings (SSSR count). The van der Waals surface area contributed by atoms with Crippen molar-refractivity contribution in [2.45, 2.75) is 143 Å². The lowest BCUT2D eigenvalue weighted by Gasteiger charge is -2.22. The van der Waals surface area contributed by atoms with E-state index in [0.29, 0.717) is 11.2 Å². The summed E-state index contributed by atoms with van der Waals surface area (Å²) >= 11 is 1.88. The minimum Gasteiger partial charge on any atom is -0.388 e. The van der Waals surface area contributed by atoms with Crippen molar-refractivity contribution >= 4 is 11.8 Å². The van der Waals surface area contributed by atoms with Crippen LogP contribution in [0.25, 0.3) is 0 Å². The third-order valence-corrected chi connectivity index (χ3v) is 8.75. The number of hydrogen-bond acceptors (Lipinski definition) is 2. The molecule has 1 aliphatic carbocycles. The Bertz CT molecular complexity index is 745. The fourth-order valence-electron chi connectivity index (χ4n) is 4.67. The molecule has 0 spiro atoms. The fourth-order valence-corrected chi connectivity index (χ4v) is 5.79. The van der Waals surface area contributed by atoms with Crippen LogP contribution in [0.5, 0.6) is 0 Å². The predicted octanol–water partition coefficient (Wildman–Crippen LogP) is 11.8. The lowest BCUT2D eigenvalue weighted by Crippen LogP contribution is -2.09. The molecule has 0 amide bonds. The first-order valence-corrected chi connectivity index (χ1v) is 16.2. The molecule has 0 radical (unpaired) electrons. The zero-order chi connectivity index (χ0) is 28.2. The van der Waals surface area contributed by atoms with E-state index in [4.69, 9.17) is 0 Å². The smallest absolute Gasteiger partial charge is 0.0800 e. The molecule has 1 aliphatic rings. The maximum atomic E-state index is 10.7. The summed E-state index contributed by atoms with van der Waals surface area (Å²) in [5.41, 5.74) is 3.72. The van der Waals surface area contributed by atoms with Crippen LogP contribution in [-0.2, 0) is 0 Å². The van der Waals surface area contributed by atoms with Crippen LogP contribution in [0.15, 0.2) is 53.4 Å². The summed E-state index contributed by atoms with van der Waals surface area (Å²) in [7, 11) is 0. The van der Waals surface area contributed by atoms with Crippen LogP contribution < -0.4 is 0 Å². The van der Waals surface area contributed by atoms with Gasteiger partial charge in [0.25, 0.3) is 0 Å². The van der Waals surface area contributed by atoms with E-state index in [1.165, 1.54) is 54.5 Å². The van der Waals surface area contributed by atoms with E-state index < -0.39 is 6.10 Å². The largest absolute Gasteiger partial charge is 0.388 e. The molecule has 37 heavy (non-hydrogen) atoms. The molecule has 2 aromatic rings. The molecule has 0 bridgehead atoms. The van der Waals surface area contributed by atoms with Gasteiger partial charge in [-0.25, -0.2) is 0 Å². The van der Waals surface area contributed by atoms with Gasteiger partial charge in [-0.3, -0.25) is 0 Å². The summed E-state index contributed by atoms with van der Waals surface area (Å²) in [5.74, 6) is 2.67. The molecular formula is C35H60OS. The molecular weight excluding hydrogens is 468 g/mol. The second-order valence-corrected chi connectivity index (χ2v) is 11.6. The van der Waals surface area contributed by atoms with E-state index in [9.17, 15) is 5.11 Å². The van der Waals surface area contributed by atoms with Crippen molar-refractivity contribution in [3.05, 3.63) is 65.2 Å². The first-order chi connectivity index (χ1) is 17.9. The first kappa shape index (κ1) is 35.8. The number of aliphatic hydroxyl groups excluding tert-OH is 1. The zero-order valence-corrected chi connectivity index (χ0v) is 26.8. The second kappa shape index (κ2) is 21.7. The molecule has 1 nitrogen and oxygen atoms in total. The predicted molar refractivity (Wildman–Crippen MR) is 170 cm³/mol. The Balaban J connectivity index is 0.000000900.